The van der Waals surface area contributed by atoms with E-state index in [-0.39, 0.29) is 11.7 Å². The Balaban J connectivity index is 2.74. The first-order valence-corrected chi connectivity index (χ1v) is 3.75. The standard InChI is InChI=1S/C9H13NO/c1-6-3-4-8(7(2)11)5-9(6)10/h3-4,8H,5,10H2,1-2H3/t8-/m0/s1. The van der Waals surface area contributed by atoms with E-state index >= 15 is 0 Å². The molecule has 11 heavy (non-hydrogen) atoms. The normalized spacial score (nSPS) is 24.0. The van der Waals surface area contributed by atoms with Gasteiger partial charge in [0.25, 0.3) is 0 Å². The van der Waals surface area contributed by atoms with Gasteiger partial charge in [-0.2, -0.15) is 0 Å². The minimum atomic E-state index is 0.0127. The van der Waals surface area contributed by atoms with Gasteiger partial charge in [-0.25, -0.2) is 0 Å². The molecule has 0 saturated carbocycles. The zero-order valence-electron chi connectivity index (χ0n) is 6.92. The SMILES string of the molecule is CC(=O)[C@H]1C=CC(C)=C(N)C1. The van der Waals surface area contributed by atoms with Crippen LogP contribution in [-0.2, 0) is 4.79 Å². The predicted molar refractivity (Wildman–Crippen MR) is 44.8 cm³/mol. The first kappa shape index (κ1) is 8.05. The molecule has 0 aromatic heterocycles. The molecule has 0 heterocycles. The molecule has 60 valence electrons. The molecular formula is C9H13NO. The number of allylic oxidation sites excluding steroid dienone is 4. The average molecular weight is 151 g/mol. The van der Waals surface area contributed by atoms with Crippen molar-refractivity contribution in [2.75, 3.05) is 0 Å². The number of rotatable bonds is 1. The van der Waals surface area contributed by atoms with Gasteiger partial charge < -0.3 is 5.73 Å². The van der Waals surface area contributed by atoms with Crippen LogP contribution in [0.1, 0.15) is 20.3 Å². The van der Waals surface area contributed by atoms with Crippen molar-refractivity contribution in [2.24, 2.45) is 11.7 Å². The molecule has 1 aliphatic carbocycles. The fourth-order valence-electron chi connectivity index (χ4n) is 1.11. The summed E-state index contributed by atoms with van der Waals surface area (Å²) in [6.45, 7) is 3.56. The number of Topliss-reactive ketones (excluding diaryl/α,β-unsaturated/α-hetero) is 1. The van der Waals surface area contributed by atoms with Crippen LogP contribution < -0.4 is 5.73 Å². The second-order valence-corrected chi connectivity index (χ2v) is 2.99. The van der Waals surface area contributed by atoms with E-state index in [9.17, 15) is 4.79 Å². The lowest BCUT2D eigenvalue weighted by molar-refractivity contribution is -0.119. The Bertz CT molecular complexity index is 238. The third-order valence-corrected chi connectivity index (χ3v) is 2.05. The maximum absolute atomic E-state index is 10.9. The van der Waals surface area contributed by atoms with Crippen LogP contribution in [0.5, 0.6) is 0 Å². The van der Waals surface area contributed by atoms with Gasteiger partial charge in [-0.05, 0) is 19.4 Å². The third kappa shape index (κ3) is 1.70. The Morgan fingerprint density at radius 3 is 2.82 bits per heavy atom. The van der Waals surface area contributed by atoms with Crippen molar-refractivity contribution in [1.29, 1.82) is 0 Å². The Labute approximate surface area is 66.8 Å². The Kier molecular flexibility index (Phi) is 2.13. The van der Waals surface area contributed by atoms with Gasteiger partial charge in [0.1, 0.15) is 5.78 Å². The summed E-state index contributed by atoms with van der Waals surface area (Å²) in [6, 6.07) is 0. The van der Waals surface area contributed by atoms with Crippen molar-refractivity contribution in [3.63, 3.8) is 0 Å². The molecule has 0 aromatic carbocycles. The third-order valence-electron chi connectivity index (χ3n) is 2.05. The van der Waals surface area contributed by atoms with Gasteiger partial charge in [0, 0.05) is 18.0 Å². The van der Waals surface area contributed by atoms with Crippen LogP contribution in [0.15, 0.2) is 23.4 Å². The zero-order valence-corrected chi connectivity index (χ0v) is 6.92. The quantitative estimate of drug-likeness (QED) is 0.615. The van der Waals surface area contributed by atoms with Crippen molar-refractivity contribution < 1.29 is 4.79 Å². The van der Waals surface area contributed by atoms with E-state index in [1.165, 1.54) is 0 Å². The van der Waals surface area contributed by atoms with E-state index in [4.69, 9.17) is 5.73 Å². The van der Waals surface area contributed by atoms with Crippen LogP contribution >= 0.6 is 0 Å². The minimum Gasteiger partial charge on any atom is -0.402 e. The Morgan fingerprint density at radius 1 is 1.73 bits per heavy atom. The van der Waals surface area contributed by atoms with Crippen LogP contribution in [0.4, 0.5) is 0 Å². The first-order chi connectivity index (χ1) is 5.11. The second-order valence-electron chi connectivity index (χ2n) is 2.99. The smallest absolute Gasteiger partial charge is 0.137 e. The summed E-state index contributed by atoms with van der Waals surface area (Å²) in [6.07, 6.45) is 4.54. The molecule has 0 unspecified atom stereocenters. The molecule has 0 radical (unpaired) electrons. The van der Waals surface area contributed by atoms with Crippen LogP contribution in [0.3, 0.4) is 0 Å². The summed E-state index contributed by atoms with van der Waals surface area (Å²) in [4.78, 5) is 10.9. The van der Waals surface area contributed by atoms with E-state index < -0.39 is 0 Å². The van der Waals surface area contributed by atoms with Gasteiger partial charge in [-0.15, -0.1) is 0 Å². The monoisotopic (exact) mass is 151 g/mol. The summed E-state index contributed by atoms with van der Waals surface area (Å²) in [5, 5.41) is 0. The first-order valence-electron chi connectivity index (χ1n) is 3.75. The Morgan fingerprint density at radius 2 is 2.36 bits per heavy atom. The molecule has 2 nitrogen and oxygen atoms in total. The molecule has 0 bridgehead atoms. The number of hydrogen-bond acceptors (Lipinski definition) is 2. The van der Waals surface area contributed by atoms with Crippen molar-refractivity contribution in [1.82, 2.24) is 0 Å². The molecule has 1 aliphatic rings. The van der Waals surface area contributed by atoms with Gasteiger partial charge >= 0.3 is 0 Å². The van der Waals surface area contributed by atoms with Crippen LogP contribution in [-0.4, -0.2) is 5.78 Å². The molecule has 2 heteroatoms. The van der Waals surface area contributed by atoms with Crippen molar-refractivity contribution in [2.45, 2.75) is 20.3 Å². The summed E-state index contributed by atoms with van der Waals surface area (Å²) in [7, 11) is 0. The maximum atomic E-state index is 10.9. The lowest BCUT2D eigenvalue weighted by Gasteiger charge is -2.15. The lowest BCUT2D eigenvalue weighted by atomic mass is 9.92. The number of hydrogen-bond donors (Lipinski definition) is 1. The zero-order chi connectivity index (χ0) is 8.43. The summed E-state index contributed by atoms with van der Waals surface area (Å²) < 4.78 is 0. The van der Waals surface area contributed by atoms with Gasteiger partial charge in [-0.1, -0.05) is 12.2 Å². The van der Waals surface area contributed by atoms with Gasteiger partial charge in [0.2, 0.25) is 0 Å². The van der Waals surface area contributed by atoms with Crippen molar-refractivity contribution in [3.8, 4) is 0 Å². The average Bonchev–Trinajstić information content (AvgIpc) is 1.94. The predicted octanol–water partition coefficient (Wildman–Crippen LogP) is 1.38. The molecule has 0 fully saturated rings. The van der Waals surface area contributed by atoms with Gasteiger partial charge in [-0.3, -0.25) is 4.79 Å². The molecule has 2 N–H and O–H groups in total. The fraction of sp³-hybridized carbons (Fsp3) is 0.444. The van der Waals surface area contributed by atoms with E-state index in [0.29, 0.717) is 6.42 Å². The summed E-state index contributed by atoms with van der Waals surface area (Å²) in [5.41, 5.74) is 7.61. The molecule has 1 atom stereocenters. The number of carbonyl (C=O) groups excluding carboxylic acids is 1. The highest BCUT2D eigenvalue weighted by atomic mass is 16.1. The molecule has 0 aromatic rings. The maximum Gasteiger partial charge on any atom is 0.137 e. The molecule has 0 aliphatic heterocycles. The Hall–Kier alpha value is -1.05. The van der Waals surface area contributed by atoms with Gasteiger partial charge in [0.15, 0.2) is 0 Å². The summed E-state index contributed by atoms with van der Waals surface area (Å²) in [5.74, 6) is 0.204. The van der Waals surface area contributed by atoms with Crippen LogP contribution in [0.2, 0.25) is 0 Å². The van der Waals surface area contributed by atoms with Crippen LogP contribution in [0, 0.1) is 5.92 Å². The molecule has 0 saturated heterocycles. The minimum absolute atomic E-state index is 0.0127. The van der Waals surface area contributed by atoms with E-state index in [2.05, 4.69) is 0 Å². The van der Waals surface area contributed by atoms with E-state index in [0.717, 1.165) is 11.3 Å². The number of carbonyl (C=O) groups is 1. The molecule has 0 amide bonds. The molecule has 1 rings (SSSR count). The highest BCUT2D eigenvalue weighted by Crippen LogP contribution is 2.20. The second kappa shape index (κ2) is 2.91. The number of ketones is 1. The van der Waals surface area contributed by atoms with E-state index in [1.54, 1.807) is 6.92 Å². The summed E-state index contributed by atoms with van der Waals surface area (Å²) >= 11 is 0. The van der Waals surface area contributed by atoms with Crippen molar-refractivity contribution in [3.05, 3.63) is 23.4 Å². The number of nitrogens with two attached hydrogens (primary N) is 1. The lowest BCUT2D eigenvalue weighted by Crippen LogP contribution is -2.16. The largest absolute Gasteiger partial charge is 0.402 e. The highest BCUT2D eigenvalue weighted by molar-refractivity contribution is 5.80. The molecular weight excluding hydrogens is 138 g/mol. The van der Waals surface area contributed by atoms with E-state index in [1.807, 2.05) is 19.1 Å². The van der Waals surface area contributed by atoms with Crippen molar-refractivity contribution >= 4 is 5.78 Å². The highest BCUT2D eigenvalue weighted by Gasteiger charge is 2.15. The molecule has 0 spiro atoms. The van der Waals surface area contributed by atoms with Crippen LogP contribution in [0.25, 0.3) is 0 Å². The topological polar surface area (TPSA) is 43.1 Å². The van der Waals surface area contributed by atoms with Gasteiger partial charge in [0.05, 0.1) is 0 Å². The fourth-order valence-corrected chi connectivity index (χ4v) is 1.11.